The average Bonchev–Trinajstić information content (AvgIpc) is 0.793. The molecule has 680 valence electrons. The summed E-state index contributed by atoms with van der Waals surface area (Å²) >= 11 is 0. The van der Waals surface area contributed by atoms with Crippen molar-refractivity contribution in [3.63, 3.8) is 0 Å². The van der Waals surface area contributed by atoms with Crippen molar-refractivity contribution in [3.8, 4) is 224 Å². The number of pyridine rings is 10. The second-order valence-corrected chi connectivity index (χ2v) is 34.1. The summed E-state index contributed by atoms with van der Waals surface area (Å²) in [5.74, 6) is 2.57. The van der Waals surface area contributed by atoms with Crippen molar-refractivity contribution in [2.45, 2.75) is 0 Å². The van der Waals surface area contributed by atoms with E-state index in [1.807, 2.05) is 281 Å². The number of aromatic nitrogens is 15. The summed E-state index contributed by atoms with van der Waals surface area (Å²) in [6, 6.07) is 151. The van der Waals surface area contributed by atoms with E-state index in [1.165, 1.54) is 0 Å². The van der Waals surface area contributed by atoms with Crippen LogP contribution < -0.4 is 0 Å². The number of nitrogens with zero attached hydrogens (tertiary/aromatic N) is 15. The lowest BCUT2D eigenvalue weighted by Gasteiger charge is -2.14. The molecule has 0 radical (unpaired) electrons. The van der Waals surface area contributed by atoms with Gasteiger partial charge in [0.05, 0.1) is 34.2 Å². The summed E-state index contributed by atoms with van der Waals surface area (Å²) in [6.45, 7) is 0. The van der Waals surface area contributed by atoms with Gasteiger partial charge in [-0.25, -0.2) is 34.9 Å². The van der Waals surface area contributed by atoms with Crippen LogP contribution in [0.1, 0.15) is 0 Å². The smallest absolute Gasteiger partial charge is 0.164 e. The fraction of sp³-hybridized carbons (Fsp3) is 0. The van der Waals surface area contributed by atoms with Gasteiger partial charge in [-0.05, 0) is 265 Å². The first-order valence-electron chi connectivity index (χ1n) is 47.3. The maximum atomic E-state index is 5.14. The molecule has 15 nitrogen and oxygen atoms in total. The predicted molar refractivity (Wildman–Crippen MR) is 581 cm³/mol. The predicted octanol–water partition coefficient (Wildman–Crippen LogP) is 31.0. The normalized spacial score (nSPS) is 10.8. The highest BCUT2D eigenvalue weighted by Gasteiger charge is 2.21. The first-order valence-corrected chi connectivity index (χ1v) is 47.3. The molecule has 0 spiro atoms. The largest absolute Gasteiger partial charge is 0.265 e. The molecule has 144 heavy (non-hydrogen) atoms. The molecule has 12 heterocycles. The summed E-state index contributed by atoms with van der Waals surface area (Å²) in [6.07, 6.45) is 29.3. The lowest BCUT2D eigenvalue weighted by Crippen LogP contribution is -2.00. The van der Waals surface area contributed by atoms with Gasteiger partial charge in [-0.2, -0.15) is 0 Å². The first-order chi connectivity index (χ1) is 71.3. The molecule has 0 N–H and O–H groups in total. The molecule has 0 fully saturated rings. The van der Waals surface area contributed by atoms with E-state index in [1.54, 1.807) is 24.8 Å². The molecule has 0 amide bonds. The van der Waals surface area contributed by atoms with Gasteiger partial charge in [0.15, 0.2) is 23.3 Å². The van der Waals surface area contributed by atoms with Crippen LogP contribution in [0.5, 0.6) is 0 Å². The van der Waals surface area contributed by atoms with E-state index in [-0.39, 0.29) is 0 Å². The van der Waals surface area contributed by atoms with Gasteiger partial charge in [0.1, 0.15) is 0 Å². The van der Waals surface area contributed by atoms with Crippen molar-refractivity contribution in [1.29, 1.82) is 0 Å². The molecule has 24 aromatic rings. The third-order valence-corrected chi connectivity index (χ3v) is 24.4. The quantitative estimate of drug-likeness (QED) is 0.0699. The molecule has 0 saturated carbocycles. The van der Waals surface area contributed by atoms with E-state index in [4.69, 9.17) is 34.9 Å². The van der Waals surface area contributed by atoms with Crippen LogP contribution in [-0.2, 0) is 0 Å². The molecular formula is C129H89N15. The Hall–Kier alpha value is -19.8. The summed E-state index contributed by atoms with van der Waals surface area (Å²) < 4.78 is 0. The van der Waals surface area contributed by atoms with Crippen LogP contribution in [0.15, 0.2) is 542 Å². The van der Waals surface area contributed by atoms with Gasteiger partial charge in [0.2, 0.25) is 0 Å². The fourth-order valence-electron chi connectivity index (χ4n) is 17.2. The van der Waals surface area contributed by atoms with E-state index in [0.717, 1.165) is 201 Å². The maximum absolute atomic E-state index is 5.14. The topological polar surface area (TPSA) is 193 Å². The Morgan fingerprint density at radius 1 is 0.0903 bits per heavy atom. The van der Waals surface area contributed by atoms with Crippen molar-refractivity contribution in [3.05, 3.63) is 542 Å². The fourth-order valence-corrected chi connectivity index (χ4v) is 17.2. The minimum absolute atomic E-state index is 0.610. The molecule has 0 aliphatic carbocycles. The number of benzene rings is 12. The van der Waals surface area contributed by atoms with Gasteiger partial charge in [0.25, 0.3) is 0 Å². The van der Waals surface area contributed by atoms with Gasteiger partial charge in [-0.1, -0.05) is 267 Å². The minimum Gasteiger partial charge on any atom is -0.265 e. The molecule has 0 saturated heterocycles. The van der Waals surface area contributed by atoms with Gasteiger partial charge in [0, 0.05) is 177 Å². The zero-order valence-corrected chi connectivity index (χ0v) is 78.1. The summed E-state index contributed by atoms with van der Waals surface area (Å²) in [5.41, 5.74) is 37.6. The molecule has 12 aromatic carbocycles. The summed E-state index contributed by atoms with van der Waals surface area (Å²) in [7, 11) is 0. The van der Waals surface area contributed by atoms with Gasteiger partial charge >= 0.3 is 0 Å². The number of hydrogen-bond donors (Lipinski definition) is 0. The van der Waals surface area contributed by atoms with E-state index >= 15 is 0 Å². The Kier molecular flexibility index (Phi) is 27.8. The van der Waals surface area contributed by atoms with E-state index in [9.17, 15) is 0 Å². The summed E-state index contributed by atoms with van der Waals surface area (Å²) in [4.78, 5) is 68.9. The lowest BCUT2D eigenvalue weighted by atomic mass is 9.93. The van der Waals surface area contributed by atoms with Crippen LogP contribution >= 0.6 is 0 Å². The van der Waals surface area contributed by atoms with Gasteiger partial charge in [-0.3, -0.25) is 39.9 Å². The lowest BCUT2D eigenvalue weighted by molar-refractivity contribution is 1.07. The maximum Gasteiger partial charge on any atom is 0.164 e. The van der Waals surface area contributed by atoms with Crippen molar-refractivity contribution < 1.29 is 0 Å². The third-order valence-electron chi connectivity index (χ3n) is 24.4. The van der Waals surface area contributed by atoms with E-state index < -0.39 is 0 Å². The van der Waals surface area contributed by atoms with Crippen molar-refractivity contribution in [2.24, 2.45) is 0 Å². The molecule has 0 aliphatic rings. The summed E-state index contributed by atoms with van der Waals surface area (Å²) in [5, 5.41) is 0. The van der Waals surface area contributed by atoms with Crippen LogP contribution in [0.25, 0.3) is 224 Å². The van der Waals surface area contributed by atoms with Gasteiger partial charge in [-0.15, -0.1) is 0 Å². The molecular weight excluding hydrogens is 1760 g/mol. The van der Waals surface area contributed by atoms with Crippen molar-refractivity contribution in [1.82, 2.24) is 74.8 Å². The molecule has 0 bridgehead atoms. The second-order valence-electron chi connectivity index (χ2n) is 34.1. The molecule has 0 atom stereocenters. The zero-order valence-electron chi connectivity index (χ0n) is 78.1. The monoisotopic (exact) mass is 1850 g/mol. The molecule has 12 aromatic heterocycles. The number of rotatable bonds is 20. The Bertz CT molecular complexity index is 6440. The Labute approximate surface area is 835 Å². The molecule has 15 heteroatoms. The van der Waals surface area contributed by atoms with E-state index in [0.29, 0.717) is 23.3 Å². The molecule has 0 unspecified atom stereocenters. The SMILES string of the molecule is c1ccc(-c2cc(-c3cc(-c4cccnc4)cc(-c4cccnc4)c3)nc(-c3ccccc3)n2)cc1.c1ccc(-c2cc(-c3cc(-c4ccncc4)cc(-c4ccncc4)c3)cc(-c3ccccc3)n2)cc1.c1ccc(-c2cc(-c3ccccc3)nc(-c3cc(-c4ccncc4)cc(-c4ccncc4)c3)c2)cc1.c1ccc(-c2nc(-c3ccccc3)nc(-c3cc(-c4cccnc4)cc(-c4cccnc4)c3)n2)cc1. The van der Waals surface area contributed by atoms with Crippen LogP contribution in [0.4, 0.5) is 0 Å². The average molecular weight is 1850 g/mol. The van der Waals surface area contributed by atoms with Crippen LogP contribution in [-0.4, -0.2) is 74.8 Å². The minimum atomic E-state index is 0.610. The Balaban J connectivity index is 0.000000113. The zero-order chi connectivity index (χ0) is 96.6. The first kappa shape index (κ1) is 90.7. The number of hydrogen-bond acceptors (Lipinski definition) is 15. The van der Waals surface area contributed by atoms with E-state index in [2.05, 4.69) is 276 Å². The highest BCUT2D eigenvalue weighted by atomic mass is 15.0. The molecule has 24 rings (SSSR count). The van der Waals surface area contributed by atoms with Crippen molar-refractivity contribution >= 4 is 0 Å². The standard InChI is InChI=1S/2C33H23N3.C32H22N4.C31H21N5/c1-3-7-26(8-4-1)32-22-31(23-33(36-32)27-9-5-2-6-10-27)30-20-28(24-11-15-34-16-12-24)19-29(21-30)25-13-17-35-18-14-25;1-3-7-24(8-4-1)30-22-32(27-9-5-2-6-10-27)36-33(23-30)31-20-28(25-11-15-34-16-12-25)19-29(21-31)26-13-17-35-18-14-26;1-3-9-23(10-4-1)30-20-31(36-32(35-30)24-11-5-2-6-12-24)29-18-27(25-13-7-15-33-21-25)17-28(19-29)26-14-8-16-34-22-26;1-3-9-22(10-4-1)29-34-30(23-11-5-2-6-12-23)36-31(35-29)28-18-26(24-13-7-15-32-20-24)17-27(19-28)25-14-8-16-33-21-25/h2*1-23H;1-22H;1-21H. The highest BCUT2D eigenvalue weighted by Crippen LogP contribution is 2.42. The highest BCUT2D eigenvalue weighted by molar-refractivity contribution is 5.89. The van der Waals surface area contributed by atoms with Crippen LogP contribution in [0.3, 0.4) is 0 Å². The Morgan fingerprint density at radius 2 is 0.264 bits per heavy atom. The van der Waals surface area contributed by atoms with Crippen molar-refractivity contribution in [2.75, 3.05) is 0 Å². The third kappa shape index (κ3) is 22.2. The second kappa shape index (κ2) is 44.1. The van der Waals surface area contributed by atoms with Gasteiger partial charge < -0.3 is 0 Å². The van der Waals surface area contributed by atoms with Crippen LogP contribution in [0.2, 0.25) is 0 Å². The molecule has 0 aliphatic heterocycles. The Morgan fingerprint density at radius 3 is 0.528 bits per heavy atom. The van der Waals surface area contributed by atoms with Crippen LogP contribution in [0, 0.1) is 0 Å².